The van der Waals surface area contributed by atoms with Crippen LogP contribution in [0.15, 0.2) is 59.1 Å². The maximum absolute atomic E-state index is 13.5. The Kier molecular flexibility index (Phi) is 6.88. The first-order chi connectivity index (χ1) is 15.9. The van der Waals surface area contributed by atoms with Gasteiger partial charge in [0.25, 0.3) is 5.91 Å². The maximum Gasteiger partial charge on any atom is 0.276 e. The van der Waals surface area contributed by atoms with Crippen molar-refractivity contribution >= 4 is 5.91 Å². The number of hydrogen-bond donors (Lipinski definition) is 1. The van der Waals surface area contributed by atoms with Gasteiger partial charge in [-0.1, -0.05) is 11.2 Å². The summed E-state index contributed by atoms with van der Waals surface area (Å²) in [6.45, 7) is 0.0191. The molecular weight excluding hydrogens is 434 g/mol. The number of nitrogens with zero attached hydrogens (tertiary/aromatic N) is 2. The Balaban J connectivity index is 1.37. The van der Waals surface area contributed by atoms with Crippen LogP contribution >= 0.6 is 0 Å². The number of benzene rings is 2. The first-order valence-corrected chi connectivity index (χ1v) is 10.6. The van der Waals surface area contributed by atoms with E-state index in [4.69, 9.17) is 14.0 Å². The Hall–Kier alpha value is -3.46. The number of aliphatic hydroxyl groups is 1. The van der Waals surface area contributed by atoms with E-state index in [9.17, 15) is 18.7 Å². The minimum Gasteiger partial charge on any atom is -0.488 e. The molecule has 1 amide bonds. The molecule has 174 valence electrons. The summed E-state index contributed by atoms with van der Waals surface area (Å²) in [5.41, 5.74) is 0.0792. The quantitative estimate of drug-likeness (QED) is 0.577. The largest absolute Gasteiger partial charge is 0.488 e. The zero-order chi connectivity index (χ0) is 23.4. The Morgan fingerprint density at radius 2 is 1.91 bits per heavy atom. The number of aliphatic hydroxyl groups excluding tert-OH is 1. The van der Waals surface area contributed by atoms with E-state index in [1.807, 2.05) is 0 Å². The summed E-state index contributed by atoms with van der Waals surface area (Å²) in [5, 5.41) is 14.7. The molecule has 0 bridgehead atoms. The third kappa shape index (κ3) is 5.48. The van der Waals surface area contributed by atoms with Crippen molar-refractivity contribution in [1.82, 2.24) is 10.1 Å². The Labute approximate surface area is 189 Å². The number of halogens is 2. The minimum absolute atomic E-state index is 0.0191. The van der Waals surface area contributed by atoms with Crippen molar-refractivity contribution in [3.63, 3.8) is 0 Å². The molecule has 0 spiro atoms. The van der Waals surface area contributed by atoms with E-state index in [-0.39, 0.29) is 18.1 Å². The zero-order valence-corrected chi connectivity index (χ0v) is 18.0. The Morgan fingerprint density at radius 3 is 2.67 bits per heavy atom. The molecule has 0 saturated heterocycles. The van der Waals surface area contributed by atoms with Crippen molar-refractivity contribution in [2.75, 3.05) is 7.05 Å². The summed E-state index contributed by atoms with van der Waals surface area (Å²) in [6.07, 6.45) is 0.381. The van der Waals surface area contributed by atoms with Crippen molar-refractivity contribution in [2.24, 2.45) is 0 Å². The van der Waals surface area contributed by atoms with Crippen LogP contribution in [0.25, 0.3) is 0 Å². The topological polar surface area (TPSA) is 85.0 Å². The van der Waals surface area contributed by atoms with Crippen LogP contribution in [0.2, 0.25) is 0 Å². The van der Waals surface area contributed by atoms with Crippen LogP contribution in [-0.2, 0) is 6.61 Å². The van der Waals surface area contributed by atoms with Crippen LogP contribution in [0.5, 0.6) is 11.5 Å². The molecule has 1 saturated carbocycles. The number of hydrogen-bond acceptors (Lipinski definition) is 6. The second-order valence-corrected chi connectivity index (χ2v) is 7.94. The first-order valence-electron chi connectivity index (χ1n) is 10.6. The monoisotopic (exact) mass is 458 g/mol. The highest BCUT2D eigenvalue weighted by Crippen LogP contribution is 2.28. The molecule has 3 aromatic rings. The van der Waals surface area contributed by atoms with Gasteiger partial charge in [0.15, 0.2) is 11.5 Å². The van der Waals surface area contributed by atoms with E-state index in [0.29, 0.717) is 30.1 Å². The van der Waals surface area contributed by atoms with Gasteiger partial charge in [-0.15, -0.1) is 0 Å². The van der Waals surface area contributed by atoms with Gasteiger partial charge in [0, 0.05) is 19.2 Å². The molecule has 1 aliphatic rings. The van der Waals surface area contributed by atoms with Gasteiger partial charge in [-0.05, 0) is 55.7 Å². The van der Waals surface area contributed by atoms with Gasteiger partial charge in [-0.2, -0.15) is 0 Å². The van der Waals surface area contributed by atoms with Gasteiger partial charge in [0.05, 0.1) is 6.04 Å². The van der Waals surface area contributed by atoms with Gasteiger partial charge >= 0.3 is 0 Å². The number of likely N-dealkylation sites (N-methyl/N-ethyl adjacent to an activating group) is 1. The fraction of sp³-hybridized carbons (Fsp3) is 0.333. The lowest BCUT2D eigenvalue weighted by molar-refractivity contribution is -0.0415. The smallest absolute Gasteiger partial charge is 0.276 e. The SMILES string of the molecule is CN(C(=O)c1cc(COc2ccc(F)cc2)on1)[C@@H]1CCC[C@@H](Oc2cccc(F)c2)[C@@H]1O. The Morgan fingerprint density at radius 1 is 1.12 bits per heavy atom. The highest BCUT2D eigenvalue weighted by atomic mass is 19.1. The number of carbonyl (C=O) groups excluding carboxylic acids is 1. The summed E-state index contributed by atoms with van der Waals surface area (Å²) in [5.74, 6) is -0.100. The lowest BCUT2D eigenvalue weighted by Gasteiger charge is -2.39. The molecule has 0 aliphatic heterocycles. The predicted molar refractivity (Wildman–Crippen MR) is 114 cm³/mol. The average Bonchev–Trinajstić information content (AvgIpc) is 3.28. The number of amides is 1. The standard InChI is InChI=1S/C24H24F2N2O5/c1-28(21-6-3-7-22(23(21)29)32-18-5-2-4-16(26)12-18)24(30)20-13-19(33-27-20)14-31-17-10-8-15(25)9-11-17/h2,4-5,8-13,21-23,29H,3,6-7,14H2,1H3/t21-,22-,23-/m1/s1. The van der Waals surface area contributed by atoms with Crippen LogP contribution in [0.4, 0.5) is 8.78 Å². The van der Waals surface area contributed by atoms with E-state index in [0.717, 1.165) is 6.42 Å². The maximum atomic E-state index is 13.5. The zero-order valence-electron chi connectivity index (χ0n) is 18.0. The summed E-state index contributed by atoms with van der Waals surface area (Å²) in [4.78, 5) is 14.4. The summed E-state index contributed by atoms with van der Waals surface area (Å²) < 4.78 is 42.9. The molecule has 3 atom stereocenters. The molecule has 2 aromatic carbocycles. The summed E-state index contributed by atoms with van der Waals surface area (Å²) in [7, 11) is 1.59. The fourth-order valence-corrected chi connectivity index (χ4v) is 3.88. The van der Waals surface area contributed by atoms with E-state index < -0.39 is 30.0 Å². The second kappa shape index (κ2) is 9.99. The minimum atomic E-state index is -0.954. The van der Waals surface area contributed by atoms with Gasteiger partial charge in [0.2, 0.25) is 0 Å². The molecule has 0 unspecified atom stereocenters. The molecule has 1 aliphatic carbocycles. The molecule has 9 heteroatoms. The highest BCUT2D eigenvalue weighted by molar-refractivity contribution is 5.92. The molecule has 7 nitrogen and oxygen atoms in total. The molecule has 1 fully saturated rings. The van der Waals surface area contributed by atoms with Gasteiger partial charge in [0.1, 0.15) is 41.9 Å². The van der Waals surface area contributed by atoms with Gasteiger partial charge in [-0.25, -0.2) is 8.78 Å². The fourth-order valence-electron chi connectivity index (χ4n) is 3.88. The van der Waals surface area contributed by atoms with Crippen LogP contribution in [0.1, 0.15) is 35.5 Å². The van der Waals surface area contributed by atoms with Crippen molar-refractivity contribution in [3.8, 4) is 11.5 Å². The molecular formula is C24H24F2N2O5. The van der Waals surface area contributed by atoms with Crippen LogP contribution in [-0.4, -0.2) is 46.4 Å². The lowest BCUT2D eigenvalue weighted by Crippen LogP contribution is -2.53. The predicted octanol–water partition coefficient (Wildman–Crippen LogP) is 3.96. The van der Waals surface area contributed by atoms with Crippen LogP contribution in [0, 0.1) is 11.6 Å². The number of aromatic nitrogens is 1. The van der Waals surface area contributed by atoms with Crippen molar-refractivity contribution in [2.45, 2.75) is 44.1 Å². The van der Waals surface area contributed by atoms with E-state index in [1.165, 1.54) is 53.4 Å². The van der Waals surface area contributed by atoms with Crippen molar-refractivity contribution in [3.05, 3.63) is 77.7 Å². The molecule has 0 radical (unpaired) electrons. The molecule has 1 aromatic heterocycles. The average molecular weight is 458 g/mol. The van der Waals surface area contributed by atoms with Crippen molar-refractivity contribution in [1.29, 1.82) is 0 Å². The summed E-state index contributed by atoms with van der Waals surface area (Å²) in [6, 6.07) is 12.2. The number of ether oxygens (including phenoxy) is 2. The van der Waals surface area contributed by atoms with Crippen LogP contribution in [0.3, 0.4) is 0 Å². The van der Waals surface area contributed by atoms with Crippen molar-refractivity contribution < 1.29 is 32.7 Å². The Bertz CT molecular complexity index is 1090. The molecule has 1 heterocycles. The highest BCUT2D eigenvalue weighted by Gasteiger charge is 2.38. The van der Waals surface area contributed by atoms with Gasteiger partial charge in [-0.3, -0.25) is 4.79 Å². The van der Waals surface area contributed by atoms with Crippen LogP contribution < -0.4 is 9.47 Å². The first kappa shape index (κ1) is 22.7. The molecule has 4 rings (SSSR count). The molecule has 33 heavy (non-hydrogen) atoms. The second-order valence-electron chi connectivity index (χ2n) is 7.94. The van der Waals surface area contributed by atoms with E-state index in [2.05, 4.69) is 5.16 Å². The molecule has 1 N–H and O–H groups in total. The normalized spacial score (nSPS) is 20.3. The van der Waals surface area contributed by atoms with Gasteiger partial charge < -0.3 is 24.0 Å². The third-order valence-corrected chi connectivity index (χ3v) is 5.64. The third-order valence-electron chi connectivity index (χ3n) is 5.64. The lowest BCUT2D eigenvalue weighted by atomic mass is 9.88. The number of rotatable bonds is 7. The summed E-state index contributed by atoms with van der Waals surface area (Å²) >= 11 is 0. The number of carbonyl (C=O) groups is 1. The van der Waals surface area contributed by atoms with E-state index >= 15 is 0 Å². The van der Waals surface area contributed by atoms with E-state index in [1.54, 1.807) is 13.1 Å².